The van der Waals surface area contributed by atoms with Crippen molar-refractivity contribution in [1.29, 1.82) is 0 Å². The van der Waals surface area contributed by atoms with Crippen LogP contribution in [0.4, 0.5) is 4.39 Å². The van der Waals surface area contributed by atoms with Crippen LogP contribution >= 0.6 is 11.6 Å². The summed E-state index contributed by atoms with van der Waals surface area (Å²) in [6.45, 7) is -0.0753. The molecule has 0 unspecified atom stereocenters. The number of hydrogen-bond acceptors (Lipinski definition) is 3. The summed E-state index contributed by atoms with van der Waals surface area (Å²) in [7, 11) is 0. The lowest BCUT2D eigenvalue weighted by Crippen LogP contribution is -2.28. The van der Waals surface area contributed by atoms with E-state index in [1.165, 1.54) is 18.2 Å². The number of amides is 1. The minimum Gasteiger partial charge on any atom is -0.455 e. The van der Waals surface area contributed by atoms with Crippen molar-refractivity contribution in [1.82, 2.24) is 5.32 Å². The first-order valence-corrected chi connectivity index (χ1v) is 7.33. The Kier molecular flexibility index (Phi) is 6.11. The molecular formula is C17H15ClFNO3. The van der Waals surface area contributed by atoms with Crippen LogP contribution in [0.3, 0.4) is 0 Å². The zero-order valence-corrected chi connectivity index (χ0v) is 13.0. The molecule has 6 heteroatoms. The van der Waals surface area contributed by atoms with Gasteiger partial charge in [-0.25, -0.2) is 4.39 Å². The second-order valence-corrected chi connectivity index (χ2v) is 5.21. The van der Waals surface area contributed by atoms with Crippen molar-refractivity contribution in [3.05, 3.63) is 70.5 Å². The highest BCUT2D eigenvalue weighted by atomic mass is 35.5. The molecule has 0 radical (unpaired) electrons. The molecule has 2 aromatic carbocycles. The number of benzene rings is 2. The van der Waals surface area contributed by atoms with E-state index in [-0.39, 0.29) is 17.0 Å². The summed E-state index contributed by atoms with van der Waals surface area (Å²) in [4.78, 5) is 23.3. The maximum Gasteiger partial charge on any atom is 0.310 e. The van der Waals surface area contributed by atoms with E-state index in [0.29, 0.717) is 6.54 Å². The molecule has 1 amide bonds. The Balaban J connectivity index is 1.77. The second kappa shape index (κ2) is 8.29. The van der Waals surface area contributed by atoms with Gasteiger partial charge in [-0.1, -0.05) is 48.0 Å². The molecule has 0 aliphatic rings. The molecule has 120 valence electrons. The van der Waals surface area contributed by atoms with Gasteiger partial charge < -0.3 is 10.1 Å². The number of esters is 1. The van der Waals surface area contributed by atoms with Gasteiger partial charge in [-0.15, -0.1) is 0 Å². The molecule has 0 aromatic heterocycles. The number of hydrogen-bond donors (Lipinski definition) is 1. The summed E-state index contributed by atoms with van der Waals surface area (Å²) in [5.74, 6) is -1.73. The Bertz CT molecular complexity index is 671. The van der Waals surface area contributed by atoms with Crippen molar-refractivity contribution in [2.24, 2.45) is 0 Å². The predicted molar refractivity (Wildman–Crippen MR) is 84.4 cm³/mol. The van der Waals surface area contributed by atoms with Crippen LogP contribution < -0.4 is 5.32 Å². The number of rotatable bonds is 6. The first-order chi connectivity index (χ1) is 11.1. The Morgan fingerprint density at radius 2 is 1.83 bits per heavy atom. The maximum atomic E-state index is 13.5. The lowest BCUT2D eigenvalue weighted by molar-refractivity contribution is -0.147. The van der Waals surface area contributed by atoms with Crippen molar-refractivity contribution in [2.45, 2.75) is 13.0 Å². The molecule has 0 spiro atoms. The van der Waals surface area contributed by atoms with Crippen LogP contribution in [0.25, 0.3) is 0 Å². The zero-order chi connectivity index (χ0) is 16.7. The smallest absolute Gasteiger partial charge is 0.310 e. The largest absolute Gasteiger partial charge is 0.455 e. The van der Waals surface area contributed by atoms with E-state index in [1.807, 2.05) is 30.3 Å². The van der Waals surface area contributed by atoms with E-state index in [1.54, 1.807) is 0 Å². The molecule has 23 heavy (non-hydrogen) atoms. The minimum atomic E-state index is -0.716. The van der Waals surface area contributed by atoms with E-state index in [2.05, 4.69) is 5.32 Å². The van der Waals surface area contributed by atoms with Gasteiger partial charge in [-0.05, 0) is 17.7 Å². The lowest BCUT2D eigenvalue weighted by Gasteiger charge is -2.08. The number of halogens is 2. The fourth-order valence-corrected chi connectivity index (χ4v) is 2.12. The van der Waals surface area contributed by atoms with E-state index in [9.17, 15) is 14.0 Å². The van der Waals surface area contributed by atoms with Crippen molar-refractivity contribution in [2.75, 3.05) is 6.61 Å². The van der Waals surface area contributed by atoms with Gasteiger partial charge in [-0.2, -0.15) is 0 Å². The van der Waals surface area contributed by atoms with Crippen LogP contribution in [0, 0.1) is 5.82 Å². The monoisotopic (exact) mass is 335 g/mol. The van der Waals surface area contributed by atoms with Crippen molar-refractivity contribution >= 4 is 23.5 Å². The molecule has 0 saturated heterocycles. The molecular weight excluding hydrogens is 321 g/mol. The average Bonchev–Trinajstić information content (AvgIpc) is 2.55. The first-order valence-electron chi connectivity index (χ1n) is 6.95. The van der Waals surface area contributed by atoms with Crippen molar-refractivity contribution in [3.63, 3.8) is 0 Å². The third kappa shape index (κ3) is 5.38. The molecule has 0 fully saturated rings. The molecule has 0 aliphatic carbocycles. The molecule has 4 nitrogen and oxygen atoms in total. The standard InChI is InChI=1S/C17H15ClFNO3/c18-14-7-4-8-15(19)13(14)9-17(22)23-11-16(21)20-10-12-5-2-1-3-6-12/h1-8H,9-11H2,(H,20,21). The Morgan fingerprint density at radius 3 is 2.52 bits per heavy atom. The Hall–Kier alpha value is -2.40. The molecule has 2 rings (SSSR count). The normalized spacial score (nSPS) is 10.2. The fraction of sp³-hybridized carbons (Fsp3) is 0.176. The molecule has 2 aromatic rings. The fourth-order valence-electron chi connectivity index (χ4n) is 1.89. The summed E-state index contributed by atoms with van der Waals surface area (Å²) in [5, 5.41) is 2.77. The molecule has 0 aliphatic heterocycles. The number of ether oxygens (including phenoxy) is 1. The summed E-state index contributed by atoms with van der Waals surface area (Å²) >= 11 is 5.83. The van der Waals surface area contributed by atoms with E-state index in [0.717, 1.165) is 5.56 Å². The summed E-state index contributed by atoms with van der Waals surface area (Å²) in [5.41, 5.74) is 0.995. The van der Waals surface area contributed by atoms with Crippen LogP contribution in [-0.2, 0) is 27.3 Å². The van der Waals surface area contributed by atoms with Gasteiger partial charge >= 0.3 is 5.97 Å². The summed E-state index contributed by atoms with van der Waals surface area (Å²) in [6.07, 6.45) is -0.322. The van der Waals surface area contributed by atoms with Crippen molar-refractivity contribution in [3.8, 4) is 0 Å². The van der Waals surface area contributed by atoms with Gasteiger partial charge in [0, 0.05) is 17.1 Å². The highest BCUT2D eigenvalue weighted by Crippen LogP contribution is 2.19. The third-order valence-electron chi connectivity index (χ3n) is 3.08. The van der Waals surface area contributed by atoms with Crippen LogP contribution in [0.1, 0.15) is 11.1 Å². The zero-order valence-electron chi connectivity index (χ0n) is 12.2. The van der Waals surface area contributed by atoms with Crippen LogP contribution in [-0.4, -0.2) is 18.5 Å². The SMILES string of the molecule is O=C(COC(=O)Cc1c(F)cccc1Cl)NCc1ccccc1. The Labute approximate surface area is 138 Å². The molecule has 0 bridgehead atoms. The summed E-state index contributed by atoms with van der Waals surface area (Å²) < 4.78 is 18.4. The first kappa shape index (κ1) is 17.0. The minimum absolute atomic E-state index is 0.0591. The van der Waals surface area contributed by atoms with Gasteiger partial charge in [0.25, 0.3) is 5.91 Å². The van der Waals surface area contributed by atoms with Gasteiger partial charge in [0.15, 0.2) is 6.61 Å². The van der Waals surface area contributed by atoms with E-state index in [4.69, 9.17) is 16.3 Å². The lowest BCUT2D eigenvalue weighted by atomic mass is 10.1. The van der Waals surface area contributed by atoms with E-state index >= 15 is 0 Å². The quantitative estimate of drug-likeness (QED) is 0.826. The highest BCUT2D eigenvalue weighted by molar-refractivity contribution is 6.31. The third-order valence-corrected chi connectivity index (χ3v) is 3.43. The molecule has 0 heterocycles. The predicted octanol–water partition coefficient (Wildman–Crippen LogP) is 2.88. The average molecular weight is 336 g/mol. The Morgan fingerprint density at radius 1 is 1.09 bits per heavy atom. The van der Waals surface area contributed by atoms with Crippen LogP contribution in [0.2, 0.25) is 5.02 Å². The molecule has 1 N–H and O–H groups in total. The van der Waals surface area contributed by atoms with Gasteiger partial charge in [0.2, 0.25) is 0 Å². The van der Waals surface area contributed by atoms with E-state index < -0.39 is 24.3 Å². The number of nitrogens with one attached hydrogen (secondary N) is 1. The maximum absolute atomic E-state index is 13.5. The van der Waals surface area contributed by atoms with Gasteiger partial charge in [-0.3, -0.25) is 9.59 Å². The second-order valence-electron chi connectivity index (χ2n) is 4.80. The van der Waals surface area contributed by atoms with Gasteiger partial charge in [0.05, 0.1) is 6.42 Å². The van der Waals surface area contributed by atoms with Crippen molar-refractivity contribution < 1.29 is 18.7 Å². The molecule has 0 atom stereocenters. The summed E-state index contributed by atoms with van der Waals surface area (Å²) in [6, 6.07) is 13.5. The number of carbonyl (C=O) groups excluding carboxylic acids is 2. The van der Waals surface area contributed by atoms with Crippen LogP contribution in [0.5, 0.6) is 0 Å². The topological polar surface area (TPSA) is 55.4 Å². The highest BCUT2D eigenvalue weighted by Gasteiger charge is 2.14. The van der Waals surface area contributed by atoms with Gasteiger partial charge in [0.1, 0.15) is 5.82 Å². The molecule has 0 saturated carbocycles. The van der Waals surface area contributed by atoms with Crippen LogP contribution in [0.15, 0.2) is 48.5 Å². The number of carbonyl (C=O) groups is 2.